The molecule has 0 aliphatic carbocycles. The van der Waals surface area contributed by atoms with Crippen LogP contribution in [0.2, 0.25) is 10.3 Å². The molecule has 2 heterocycles. The summed E-state index contributed by atoms with van der Waals surface area (Å²) in [6.07, 6.45) is 0. The van der Waals surface area contributed by atoms with Crippen molar-refractivity contribution in [1.82, 2.24) is 15.1 Å². The number of carbonyl (C=O) groups excluding carboxylic acids is 2. The molecule has 0 fully saturated rings. The molecular formula is C13H8Cl2N4O2. The lowest BCUT2D eigenvalue weighted by molar-refractivity contribution is 0.0693. The fourth-order valence-electron chi connectivity index (χ4n) is 2.04. The Balaban J connectivity index is 1.97. The number of carbonyl (C=O) groups is 2. The Labute approximate surface area is 129 Å². The quantitative estimate of drug-likeness (QED) is 0.860. The highest BCUT2D eigenvalue weighted by atomic mass is 35.5. The van der Waals surface area contributed by atoms with Crippen molar-refractivity contribution < 1.29 is 9.59 Å². The molecule has 2 aromatic rings. The molecule has 2 amide bonds. The van der Waals surface area contributed by atoms with Gasteiger partial charge in [-0.3, -0.25) is 14.5 Å². The summed E-state index contributed by atoms with van der Waals surface area (Å²) in [5, 5.41) is 10.6. The maximum atomic E-state index is 11.9. The summed E-state index contributed by atoms with van der Waals surface area (Å²) in [5.41, 5.74) is 1.78. The van der Waals surface area contributed by atoms with Crippen molar-refractivity contribution in [2.45, 2.75) is 0 Å². The Morgan fingerprint density at radius 1 is 1.05 bits per heavy atom. The van der Waals surface area contributed by atoms with Crippen LogP contribution in [0.25, 0.3) is 0 Å². The molecule has 1 aromatic carbocycles. The lowest BCUT2D eigenvalue weighted by Gasteiger charge is -2.08. The molecule has 21 heavy (non-hydrogen) atoms. The number of hydrogen-bond donors (Lipinski definition) is 1. The zero-order valence-corrected chi connectivity index (χ0v) is 12.2. The summed E-state index contributed by atoms with van der Waals surface area (Å²) in [5.74, 6) is -0.649. The molecule has 1 N–H and O–H groups in total. The molecule has 8 heteroatoms. The highest BCUT2D eigenvalue weighted by Gasteiger charge is 2.32. The Bertz CT molecular complexity index is 779. The lowest BCUT2D eigenvalue weighted by Crippen LogP contribution is -2.24. The first-order valence-corrected chi connectivity index (χ1v) is 6.65. The first-order chi connectivity index (χ1) is 9.97. The average molecular weight is 323 g/mol. The van der Waals surface area contributed by atoms with Gasteiger partial charge in [0.05, 0.1) is 16.8 Å². The van der Waals surface area contributed by atoms with Crippen molar-refractivity contribution in [3.8, 4) is 0 Å². The number of halogens is 2. The van der Waals surface area contributed by atoms with E-state index in [0.29, 0.717) is 22.5 Å². The molecule has 0 unspecified atom stereocenters. The van der Waals surface area contributed by atoms with E-state index in [9.17, 15) is 9.59 Å². The Morgan fingerprint density at radius 2 is 1.76 bits per heavy atom. The molecule has 0 atom stereocenters. The van der Waals surface area contributed by atoms with Crippen LogP contribution in [-0.2, 0) is 0 Å². The predicted molar refractivity (Wildman–Crippen MR) is 78.2 cm³/mol. The number of rotatable bonds is 2. The lowest BCUT2D eigenvalue weighted by atomic mass is 10.1. The van der Waals surface area contributed by atoms with Gasteiger partial charge < -0.3 is 5.32 Å². The van der Waals surface area contributed by atoms with Gasteiger partial charge in [0.1, 0.15) is 0 Å². The third-order valence-electron chi connectivity index (χ3n) is 3.09. The van der Waals surface area contributed by atoms with E-state index >= 15 is 0 Å². The third kappa shape index (κ3) is 2.32. The molecule has 1 aromatic heterocycles. The molecular weight excluding hydrogens is 315 g/mol. The van der Waals surface area contributed by atoms with Gasteiger partial charge >= 0.3 is 0 Å². The van der Waals surface area contributed by atoms with Crippen LogP contribution in [0, 0.1) is 0 Å². The van der Waals surface area contributed by atoms with E-state index < -0.39 is 0 Å². The second-order valence-electron chi connectivity index (χ2n) is 4.43. The number of amides is 2. The fraction of sp³-hybridized carbons (Fsp3) is 0.0769. The van der Waals surface area contributed by atoms with Crippen molar-refractivity contribution in [2.75, 3.05) is 12.4 Å². The molecule has 0 spiro atoms. The summed E-state index contributed by atoms with van der Waals surface area (Å²) in [4.78, 5) is 24.8. The molecule has 1 aliphatic rings. The third-order valence-corrected chi connectivity index (χ3v) is 3.55. The first kappa shape index (κ1) is 13.8. The van der Waals surface area contributed by atoms with Gasteiger partial charge in [0.25, 0.3) is 11.8 Å². The van der Waals surface area contributed by atoms with Crippen LogP contribution in [0.3, 0.4) is 0 Å². The number of imide groups is 1. The van der Waals surface area contributed by atoms with E-state index in [4.69, 9.17) is 23.2 Å². The summed E-state index contributed by atoms with van der Waals surface area (Å²) in [6.45, 7) is 0. The van der Waals surface area contributed by atoms with Gasteiger partial charge in [0, 0.05) is 18.8 Å². The van der Waals surface area contributed by atoms with Crippen LogP contribution in [0.4, 0.5) is 11.4 Å². The minimum Gasteiger partial charge on any atom is -0.353 e. The van der Waals surface area contributed by atoms with Gasteiger partial charge in [-0.05, 0) is 18.2 Å². The van der Waals surface area contributed by atoms with Gasteiger partial charge in [-0.25, -0.2) is 0 Å². The summed E-state index contributed by atoms with van der Waals surface area (Å²) < 4.78 is 0. The molecule has 0 saturated heterocycles. The van der Waals surface area contributed by atoms with E-state index in [1.165, 1.54) is 13.1 Å². The number of fused-ring (bicyclic) bond motifs is 1. The van der Waals surface area contributed by atoms with Gasteiger partial charge in [-0.1, -0.05) is 23.2 Å². The second kappa shape index (κ2) is 4.98. The molecule has 1 aliphatic heterocycles. The van der Waals surface area contributed by atoms with Crippen molar-refractivity contribution in [2.24, 2.45) is 0 Å². The first-order valence-electron chi connectivity index (χ1n) is 5.89. The number of nitrogens with one attached hydrogen (secondary N) is 1. The van der Waals surface area contributed by atoms with E-state index in [1.54, 1.807) is 18.2 Å². The van der Waals surface area contributed by atoms with E-state index in [-0.39, 0.29) is 22.1 Å². The Kier molecular flexibility index (Phi) is 3.27. The zero-order chi connectivity index (χ0) is 15.1. The van der Waals surface area contributed by atoms with Crippen LogP contribution in [0.5, 0.6) is 0 Å². The van der Waals surface area contributed by atoms with Crippen LogP contribution >= 0.6 is 23.2 Å². The topological polar surface area (TPSA) is 75.2 Å². The summed E-state index contributed by atoms with van der Waals surface area (Å²) >= 11 is 11.7. The van der Waals surface area contributed by atoms with E-state index in [0.717, 1.165) is 4.90 Å². The highest BCUT2D eigenvalue weighted by molar-refractivity contribution is 6.33. The Hall–Kier alpha value is -2.18. The standard InChI is InChI=1S/C13H8Cl2N4O2/c1-19-12(20)7-3-2-6(4-8(7)13(19)21)16-9-5-10(14)17-18-11(9)15/h2-5H,1H3,(H,16,17). The van der Waals surface area contributed by atoms with E-state index in [1.807, 2.05) is 0 Å². The molecule has 3 rings (SSSR count). The van der Waals surface area contributed by atoms with Crippen molar-refractivity contribution in [1.29, 1.82) is 0 Å². The normalized spacial score (nSPS) is 13.6. The predicted octanol–water partition coefficient (Wildman–Crippen LogP) is 2.75. The highest BCUT2D eigenvalue weighted by Crippen LogP contribution is 2.29. The van der Waals surface area contributed by atoms with Crippen LogP contribution in [-0.4, -0.2) is 34.0 Å². The second-order valence-corrected chi connectivity index (χ2v) is 5.17. The number of hydrogen-bond acceptors (Lipinski definition) is 5. The van der Waals surface area contributed by atoms with Crippen molar-refractivity contribution in [3.63, 3.8) is 0 Å². The Morgan fingerprint density at radius 3 is 2.52 bits per heavy atom. The maximum Gasteiger partial charge on any atom is 0.261 e. The molecule has 0 radical (unpaired) electrons. The fourth-order valence-corrected chi connectivity index (χ4v) is 2.32. The molecule has 6 nitrogen and oxygen atoms in total. The SMILES string of the molecule is CN1C(=O)c2ccc(Nc3cc(Cl)nnc3Cl)cc2C1=O. The largest absolute Gasteiger partial charge is 0.353 e. The minimum absolute atomic E-state index is 0.152. The van der Waals surface area contributed by atoms with Gasteiger partial charge in [-0.15, -0.1) is 10.2 Å². The minimum atomic E-state index is -0.337. The maximum absolute atomic E-state index is 11.9. The monoisotopic (exact) mass is 322 g/mol. The zero-order valence-electron chi connectivity index (χ0n) is 10.7. The van der Waals surface area contributed by atoms with E-state index in [2.05, 4.69) is 15.5 Å². The van der Waals surface area contributed by atoms with Crippen molar-refractivity contribution >= 4 is 46.4 Å². The van der Waals surface area contributed by atoms with Crippen LogP contribution in [0.15, 0.2) is 24.3 Å². The molecule has 106 valence electrons. The number of anilines is 2. The average Bonchev–Trinajstić information content (AvgIpc) is 2.68. The van der Waals surface area contributed by atoms with Crippen LogP contribution < -0.4 is 5.32 Å². The number of benzene rings is 1. The molecule has 0 saturated carbocycles. The van der Waals surface area contributed by atoms with Gasteiger partial charge in [0.15, 0.2) is 10.3 Å². The van der Waals surface area contributed by atoms with Gasteiger partial charge in [0.2, 0.25) is 0 Å². The van der Waals surface area contributed by atoms with Gasteiger partial charge in [-0.2, -0.15) is 0 Å². The smallest absolute Gasteiger partial charge is 0.261 e. The van der Waals surface area contributed by atoms with Crippen LogP contribution in [0.1, 0.15) is 20.7 Å². The van der Waals surface area contributed by atoms with Crippen molar-refractivity contribution in [3.05, 3.63) is 45.7 Å². The number of nitrogens with zero attached hydrogens (tertiary/aromatic N) is 3. The summed E-state index contributed by atoms with van der Waals surface area (Å²) in [7, 11) is 1.45. The summed E-state index contributed by atoms with van der Waals surface area (Å²) in [6, 6.07) is 6.37. The molecule has 0 bridgehead atoms. The number of aromatic nitrogens is 2.